The molecule has 1 rings (SSSR count). The fourth-order valence-corrected chi connectivity index (χ4v) is 1.79. The molecule has 0 aliphatic carbocycles. The van der Waals surface area contributed by atoms with Gasteiger partial charge in [-0.05, 0) is 6.92 Å². The zero-order valence-electron chi connectivity index (χ0n) is 9.65. The Balaban J connectivity index is 3.77. The maximum absolute atomic E-state index is 13.4. The zero-order valence-corrected chi connectivity index (χ0v) is 10.5. The van der Waals surface area contributed by atoms with Crippen LogP contribution in [0.3, 0.4) is 0 Å². The second kappa shape index (κ2) is 5.13. The maximum atomic E-state index is 13.4. The Labute approximate surface area is 109 Å². The summed E-state index contributed by atoms with van der Waals surface area (Å²) >= 11 is 0. The Morgan fingerprint density at radius 1 is 1.05 bits per heavy atom. The maximum Gasteiger partial charge on any atom is 0.400 e. The Morgan fingerprint density at radius 3 is 1.75 bits per heavy atom. The van der Waals surface area contributed by atoms with Gasteiger partial charge in [-0.2, -0.15) is 17.2 Å². The first-order valence-electron chi connectivity index (χ1n) is 4.91. The van der Waals surface area contributed by atoms with Crippen molar-refractivity contribution in [2.45, 2.75) is 12.2 Å². The lowest BCUT2D eigenvalue weighted by Gasteiger charge is -2.17. The smallest absolute Gasteiger partial charge is 0.380 e. The van der Waals surface area contributed by atoms with E-state index in [0.717, 1.165) is 0 Å². The number of anilines is 1. The molecule has 0 aliphatic rings. The molecule has 0 radical (unpaired) electrons. The monoisotopic (exact) mass is 323 g/mol. The van der Waals surface area contributed by atoms with Crippen LogP contribution >= 0.6 is 0 Å². The first-order valence-corrected chi connectivity index (χ1v) is 6.35. The van der Waals surface area contributed by atoms with Gasteiger partial charge in [-0.1, -0.05) is 0 Å². The summed E-state index contributed by atoms with van der Waals surface area (Å²) in [5.74, 6) is -9.71. The predicted octanol–water partition coefficient (Wildman–Crippen LogP) is 2.61. The largest absolute Gasteiger partial charge is 0.400 e. The number of rotatable bonds is 4. The lowest BCUT2D eigenvalue weighted by Crippen LogP contribution is -2.29. The van der Waals surface area contributed by atoms with Crippen molar-refractivity contribution >= 4 is 15.8 Å². The fraction of sp³-hybridized carbons (Fsp3) is 0.333. The Morgan fingerprint density at radius 2 is 1.45 bits per heavy atom. The highest BCUT2D eigenvalue weighted by Gasteiger charge is 2.52. The third kappa shape index (κ3) is 2.42. The van der Waals surface area contributed by atoms with Gasteiger partial charge < -0.3 is 5.32 Å². The summed E-state index contributed by atoms with van der Waals surface area (Å²) in [4.78, 5) is 0. The minimum absolute atomic E-state index is 0.194. The highest BCUT2D eigenvalue weighted by Crippen LogP contribution is 2.40. The van der Waals surface area contributed by atoms with Crippen LogP contribution in [0.1, 0.15) is 12.5 Å². The van der Waals surface area contributed by atoms with Gasteiger partial charge in [0.2, 0.25) is 0 Å². The van der Waals surface area contributed by atoms with Crippen molar-refractivity contribution in [3.05, 3.63) is 28.8 Å². The molecule has 0 saturated heterocycles. The molecular formula is C9H7F6NO3S. The van der Waals surface area contributed by atoms with Crippen LogP contribution < -0.4 is 5.32 Å². The topological polar surface area (TPSA) is 66.4 Å². The van der Waals surface area contributed by atoms with E-state index in [2.05, 4.69) is 0 Å². The minimum atomic E-state index is -6.33. The minimum Gasteiger partial charge on any atom is -0.380 e. The van der Waals surface area contributed by atoms with Gasteiger partial charge in [0.1, 0.15) is 11.3 Å². The summed E-state index contributed by atoms with van der Waals surface area (Å²) in [7, 11) is -6.33. The number of halogens is 6. The normalized spacial score (nSPS) is 12.6. The molecule has 0 amide bonds. The SMILES string of the molecule is CCNc1c(F)c(F)c(C(F)(F)S(=O)(=O)O)c(F)c1F. The molecule has 2 N–H and O–H groups in total. The van der Waals surface area contributed by atoms with Gasteiger partial charge in [0, 0.05) is 6.54 Å². The van der Waals surface area contributed by atoms with E-state index in [1.807, 2.05) is 5.32 Å². The van der Waals surface area contributed by atoms with E-state index < -0.39 is 49.9 Å². The van der Waals surface area contributed by atoms with Crippen LogP contribution in [0, 0.1) is 23.3 Å². The van der Waals surface area contributed by atoms with Crippen LogP contribution in [-0.4, -0.2) is 19.5 Å². The van der Waals surface area contributed by atoms with Crippen molar-refractivity contribution in [3.63, 3.8) is 0 Å². The van der Waals surface area contributed by atoms with Crippen molar-refractivity contribution in [1.82, 2.24) is 0 Å². The molecule has 4 nitrogen and oxygen atoms in total. The molecule has 1 aromatic rings. The van der Waals surface area contributed by atoms with E-state index in [1.54, 1.807) is 0 Å². The average molecular weight is 323 g/mol. The van der Waals surface area contributed by atoms with Crippen molar-refractivity contribution in [3.8, 4) is 0 Å². The molecule has 11 heteroatoms. The molecule has 114 valence electrons. The standard InChI is InChI=1S/C9H7F6NO3S/c1-2-16-8-6(12)4(10)3(5(11)7(8)13)9(14,15)20(17,18)19/h16H,2H2,1H3,(H,17,18,19). The van der Waals surface area contributed by atoms with E-state index in [0.29, 0.717) is 0 Å². The predicted molar refractivity (Wildman–Crippen MR) is 55.9 cm³/mol. The van der Waals surface area contributed by atoms with Crippen LogP contribution in [0.15, 0.2) is 0 Å². The lowest BCUT2D eigenvalue weighted by atomic mass is 10.1. The molecule has 0 atom stereocenters. The number of hydrogen-bond donors (Lipinski definition) is 2. The van der Waals surface area contributed by atoms with Crippen LogP contribution in [0.4, 0.5) is 32.0 Å². The summed E-state index contributed by atoms with van der Waals surface area (Å²) in [5.41, 5.74) is -4.09. The van der Waals surface area contributed by atoms with Gasteiger partial charge in [0.05, 0.1) is 0 Å². The van der Waals surface area contributed by atoms with Crippen LogP contribution in [0.5, 0.6) is 0 Å². The van der Waals surface area contributed by atoms with E-state index in [9.17, 15) is 34.8 Å². The molecule has 0 unspecified atom stereocenters. The third-order valence-electron chi connectivity index (χ3n) is 2.23. The molecule has 20 heavy (non-hydrogen) atoms. The highest BCUT2D eigenvalue weighted by molar-refractivity contribution is 7.86. The molecule has 0 aromatic heterocycles. The number of nitrogens with one attached hydrogen (secondary N) is 1. The summed E-state index contributed by atoms with van der Waals surface area (Å²) in [6.07, 6.45) is 0. The second-order valence-corrected chi connectivity index (χ2v) is 4.99. The number of benzene rings is 1. The van der Waals surface area contributed by atoms with Gasteiger partial charge in [0.15, 0.2) is 23.3 Å². The zero-order chi connectivity index (χ0) is 15.9. The molecule has 1 aromatic carbocycles. The van der Waals surface area contributed by atoms with Crippen LogP contribution in [0.2, 0.25) is 0 Å². The number of hydrogen-bond acceptors (Lipinski definition) is 3. The summed E-state index contributed by atoms with van der Waals surface area (Å²) in [6, 6.07) is 0. The average Bonchev–Trinajstić information content (AvgIpc) is 2.31. The van der Waals surface area contributed by atoms with Crippen molar-refractivity contribution in [2.24, 2.45) is 0 Å². The van der Waals surface area contributed by atoms with Gasteiger partial charge in [-0.3, -0.25) is 4.55 Å². The fourth-order valence-electron chi connectivity index (χ4n) is 1.35. The number of alkyl halides is 2. The van der Waals surface area contributed by atoms with Gasteiger partial charge in [0.25, 0.3) is 0 Å². The van der Waals surface area contributed by atoms with E-state index in [-0.39, 0.29) is 6.54 Å². The summed E-state index contributed by atoms with van der Waals surface area (Å²) in [5, 5.41) is -3.69. The molecule has 0 heterocycles. The molecule has 0 spiro atoms. The van der Waals surface area contributed by atoms with E-state index in [1.165, 1.54) is 6.92 Å². The van der Waals surface area contributed by atoms with Crippen LogP contribution in [0.25, 0.3) is 0 Å². The third-order valence-corrected chi connectivity index (χ3v) is 3.08. The molecular weight excluding hydrogens is 316 g/mol. The summed E-state index contributed by atoms with van der Waals surface area (Å²) < 4.78 is 109. The summed E-state index contributed by atoms with van der Waals surface area (Å²) in [6.45, 7) is 1.11. The van der Waals surface area contributed by atoms with Gasteiger partial charge >= 0.3 is 15.4 Å². The second-order valence-electron chi connectivity index (χ2n) is 3.53. The van der Waals surface area contributed by atoms with E-state index in [4.69, 9.17) is 4.55 Å². The first-order chi connectivity index (χ1) is 8.96. The van der Waals surface area contributed by atoms with E-state index >= 15 is 0 Å². The molecule has 0 fully saturated rings. The Kier molecular flexibility index (Phi) is 4.25. The Hall–Kier alpha value is -1.49. The lowest BCUT2D eigenvalue weighted by molar-refractivity contribution is 0.0686. The quantitative estimate of drug-likeness (QED) is 0.508. The van der Waals surface area contributed by atoms with Crippen molar-refractivity contribution in [2.75, 3.05) is 11.9 Å². The van der Waals surface area contributed by atoms with Gasteiger partial charge in [-0.25, -0.2) is 17.6 Å². The van der Waals surface area contributed by atoms with Gasteiger partial charge in [-0.15, -0.1) is 0 Å². The molecule has 0 bridgehead atoms. The first kappa shape index (κ1) is 16.6. The Bertz CT molecular complexity index is 617. The van der Waals surface area contributed by atoms with Crippen molar-refractivity contribution in [1.29, 1.82) is 0 Å². The van der Waals surface area contributed by atoms with Crippen LogP contribution in [-0.2, 0) is 15.4 Å². The van der Waals surface area contributed by atoms with Crippen molar-refractivity contribution < 1.29 is 39.3 Å². The highest BCUT2D eigenvalue weighted by atomic mass is 32.2. The molecule has 0 saturated carbocycles. The molecule has 0 aliphatic heterocycles.